The van der Waals surface area contributed by atoms with E-state index in [-0.39, 0.29) is 37.2 Å². The van der Waals surface area contributed by atoms with Crippen LogP contribution in [-0.2, 0) is 4.79 Å². The van der Waals surface area contributed by atoms with Crippen molar-refractivity contribution in [2.75, 3.05) is 31.1 Å². The number of carbonyl (C=O) groups is 1. The third-order valence-electron chi connectivity index (χ3n) is 3.79. The number of halogens is 5. The standard InChI is InChI=1S/C15H16ClF4N3OS/c1-2-3-8(24)21-15(25)23-6-4-22(5-7-23)14-12(19)10(17)9(16)11(18)13(14)20/h2-7H2,1H3,(H,21,24,25). The Balaban J connectivity index is 2.08. The van der Waals surface area contributed by atoms with Crippen molar-refractivity contribution in [1.29, 1.82) is 0 Å². The second-order valence-electron chi connectivity index (χ2n) is 5.50. The Kier molecular flexibility index (Phi) is 6.45. The number of hydrogen-bond donors (Lipinski definition) is 1. The predicted molar refractivity (Wildman–Crippen MR) is 90.7 cm³/mol. The van der Waals surface area contributed by atoms with Crippen LogP contribution in [0, 0.1) is 23.3 Å². The van der Waals surface area contributed by atoms with Gasteiger partial charge in [0.2, 0.25) is 5.91 Å². The summed E-state index contributed by atoms with van der Waals surface area (Å²) in [6.45, 7) is 2.46. The first-order chi connectivity index (χ1) is 11.8. The zero-order chi connectivity index (χ0) is 18.7. The lowest BCUT2D eigenvalue weighted by Crippen LogP contribution is -2.53. The number of thiocarbonyl (C=S) groups is 1. The maximum Gasteiger partial charge on any atom is 0.226 e. The number of anilines is 1. The van der Waals surface area contributed by atoms with Gasteiger partial charge in [-0.2, -0.15) is 0 Å². The van der Waals surface area contributed by atoms with Crippen LogP contribution < -0.4 is 10.2 Å². The number of piperazine rings is 1. The maximum absolute atomic E-state index is 14.0. The second kappa shape index (κ2) is 8.18. The number of rotatable bonds is 3. The molecule has 1 aliphatic rings. The van der Waals surface area contributed by atoms with E-state index in [1.54, 1.807) is 4.90 Å². The molecule has 0 unspecified atom stereocenters. The molecule has 10 heteroatoms. The molecule has 0 atom stereocenters. The minimum absolute atomic E-state index is 0.0676. The average Bonchev–Trinajstić information content (AvgIpc) is 2.59. The zero-order valence-corrected chi connectivity index (χ0v) is 14.9. The largest absolute Gasteiger partial charge is 0.363 e. The fraction of sp³-hybridized carbons (Fsp3) is 0.467. The summed E-state index contributed by atoms with van der Waals surface area (Å²) in [6.07, 6.45) is 1.01. The summed E-state index contributed by atoms with van der Waals surface area (Å²) in [5, 5.41) is 1.57. The minimum Gasteiger partial charge on any atom is -0.363 e. The van der Waals surface area contributed by atoms with E-state index < -0.39 is 34.0 Å². The van der Waals surface area contributed by atoms with Crippen LogP contribution in [0.3, 0.4) is 0 Å². The molecule has 0 spiro atoms. The van der Waals surface area contributed by atoms with E-state index in [0.717, 1.165) is 0 Å². The third kappa shape index (κ3) is 4.14. The third-order valence-corrected chi connectivity index (χ3v) is 4.49. The fourth-order valence-electron chi connectivity index (χ4n) is 2.49. The van der Waals surface area contributed by atoms with Gasteiger partial charge in [0.15, 0.2) is 28.4 Å². The molecule has 138 valence electrons. The van der Waals surface area contributed by atoms with Gasteiger partial charge >= 0.3 is 0 Å². The number of nitrogens with one attached hydrogen (secondary N) is 1. The van der Waals surface area contributed by atoms with E-state index in [1.807, 2.05) is 6.92 Å². The molecule has 1 aromatic rings. The first kappa shape index (κ1) is 19.7. The highest BCUT2D eigenvalue weighted by atomic mass is 35.5. The maximum atomic E-state index is 14.0. The van der Waals surface area contributed by atoms with E-state index >= 15 is 0 Å². The lowest BCUT2D eigenvalue weighted by Gasteiger charge is -2.37. The summed E-state index contributed by atoms with van der Waals surface area (Å²) in [6, 6.07) is 0. The molecular weight excluding hydrogens is 382 g/mol. The zero-order valence-electron chi connectivity index (χ0n) is 13.3. The highest BCUT2D eigenvalue weighted by molar-refractivity contribution is 7.80. The van der Waals surface area contributed by atoms with Crippen LogP contribution in [0.2, 0.25) is 5.02 Å². The van der Waals surface area contributed by atoms with E-state index in [0.29, 0.717) is 12.8 Å². The van der Waals surface area contributed by atoms with Crippen LogP contribution in [0.1, 0.15) is 19.8 Å². The van der Waals surface area contributed by atoms with Crippen molar-refractivity contribution in [2.45, 2.75) is 19.8 Å². The summed E-state index contributed by atoms with van der Waals surface area (Å²) in [7, 11) is 0. The molecule has 0 saturated carbocycles. The van der Waals surface area contributed by atoms with Gasteiger partial charge in [-0.1, -0.05) is 18.5 Å². The van der Waals surface area contributed by atoms with Crippen LogP contribution in [0.5, 0.6) is 0 Å². The second-order valence-corrected chi connectivity index (χ2v) is 6.26. The number of hydrogen-bond acceptors (Lipinski definition) is 3. The molecule has 1 N–H and O–H groups in total. The lowest BCUT2D eigenvalue weighted by molar-refractivity contribution is -0.119. The average molecular weight is 398 g/mol. The van der Waals surface area contributed by atoms with Crippen molar-refractivity contribution in [3.63, 3.8) is 0 Å². The Labute approximate surface area is 152 Å². The molecule has 1 saturated heterocycles. The van der Waals surface area contributed by atoms with Gasteiger partial charge in [-0.05, 0) is 18.6 Å². The molecule has 1 heterocycles. The summed E-state index contributed by atoms with van der Waals surface area (Å²) in [4.78, 5) is 14.4. The highest BCUT2D eigenvalue weighted by Gasteiger charge is 2.30. The van der Waals surface area contributed by atoms with Gasteiger partial charge in [0, 0.05) is 32.6 Å². The normalized spacial score (nSPS) is 14.6. The minimum atomic E-state index is -1.62. The Morgan fingerprint density at radius 2 is 1.60 bits per heavy atom. The van der Waals surface area contributed by atoms with Gasteiger partial charge in [-0.25, -0.2) is 17.6 Å². The predicted octanol–water partition coefficient (Wildman–Crippen LogP) is 3.22. The lowest BCUT2D eigenvalue weighted by atomic mass is 10.2. The first-order valence-electron chi connectivity index (χ1n) is 7.63. The number of amides is 1. The van der Waals surface area contributed by atoms with Crippen LogP contribution >= 0.6 is 23.8 Å². The van der Waals surface area contributed by atoms with Crippen molar-refractivity contribution in [2.24, 2.45) is 0 Å². The Hall–Kier alpha value is -1.61. The molecule has 1 aromatic carbocycles. The molecule has 0 aliphatic carbocycles. The van der Waals surface area contributed by atoms with Crippen LogP contribution in [0.15, 0.2) is 0 Å². The number of benzene rings is 1. The van der Waals surface area contributed by atoms with E-state index in [4.69, 9.17) is 23.8 Å². The molecule has 0 aromatic heterocycles. The number of nitrogens with zero attached hydrogens (tertiary/aromatic N) is 2. The molecule has 1 fully saturated rings. The Bertz CT molecular complexity index is 667. The van der Waals surface area contributed by atoms with Crippen LogP contribution in [-0.4, -0.2) is 42.1 Å². The van der Waals surface area contributed by atoms with Gasteiger partial charge in [0.05, 0.1) is 0 Å². The van der Waals surface area contributed by atoms with Gasteiger partial charge in [-0.3, -0.25) is 4.79 Å². The molecule has 0 radical (unpaired) electrons. The summed E-state index contributed by atoms with van der Waals surface area (Å²) < 4.78 is 55.2. The van der Waals surface area contributed by atoms with Crippen molar-refractivity contribution in [1.82, 2.24) is 10.2 Å². The van der Waals surface area contributed by atoms with Crippen molar-refractivity contribution in [3.05, 3.63) is 28.3 Å². The summed E-state index contributed by atoms with van der Waals surface area (Å²) in [5.41, 5.74) is -0.792. The Morgan fingerprint density at radius 3 is 2.08 bits per heavy atom. The SMILES string of the molecule is CCCC(=O)NC(=S)N1CCN(c2c(F)c(F)c(Cl)c(F)c2F)CC1. The van der Waals surface area contributed by atoms with E-state index in [1.165, 1.54) is 4.90 Å². The Morgan fingerprint density at radius 1 is 1.08 bits per heavy atom. The molecule has 25 heavy (non-hydrogen) atoms. The van der Waals surface area contributed by atoms with Crippen LogP contribution in [0.4, 0.5) is 23.2 Å². The van der Waals surface area contributed by atoms with Crippen LogP contribution in [0.25, 0.3) is 0 Å². The van der Waals surface area contributed by atoms with Gasteiger partial charge in [0.25, 0.3) is 0 Å². The van der Waals surface area contributed by atoms with Gasteiger partial charge in [0.1, 0.15) is 10.7 Å². The van der Waals surface area contributed by atoms with Gasteiger partial charge in [-0.15, -0.1) is 0 Å². The topological polar surface area (TPSA) is 35.6 Å². The van der Waals surface area contributed by atoms with Crippen molar-refractivity contribution < 1.29 is 22.4 Å². The smallest absolute Gasteiger partial charge is 0.226 e. The molecule has 1 aliphatic heterocycles. The molecule has 4 nitrogen and oxygen atoms in total. The molecule has 0 bridgehead atoms. The number of carbonyl (C=O) groups excluding carboxylic acids is 1. The molecule has 2 rings (SSSR count). The van der Waals surface area contributed by atoms with Crippen molar-refractivity contribution in [3.8, 4) is 0 Å². The summed E-state index contributed by atoms with van der Waals surface area (Å²) in [5.74, 6) is -6.53. The molecular formula is C15H16ClF4N3OS. The van der Waals surface area contributed by atoms with E-state index in [9.17, 15) is 22.4 Å². The fourth-order valence-corrected chi connectivity index (χ4v) is 2.95. The summed E-state index contributed by atoms with van der Waals surface area (Å²) >= 11 is 10.3. The molecule has 1 amide bonds. The van der Waals surface area contributed by atoms with E-state index in [2.05, 4.69) is 5.32 Å². The quantitative estimate of drug-likeness (QED) is 0.368. The van der Waals surface area contributed by atoms with Gasteiger partial charge < -0.3 is 15.1 Å². The highest BCUT2D eigenvalue weighted by Crippen LogP contribution is 2.33. The van der Waals surface area contributed by atoms with Crippen molar-refractivity contribution >= 4 is 40.5 Å². The monoisotopic (exact) mass is 397 g/mol. The first-order valence-corrected chi connectivity index (χ1v) is 8.41.